The van der Waals surface area contributed by atoms with Crippen molar-refractivity contribution < 1.29 is 17.9 Å². The highest BCUT2D eigenvalue weighted by Crippen LogP contribution is 2.20. The minimum absolute atomic E-state index is 0.0661. The lowest BCUT2D eigenvalue weighted by Crippen LogP contribution is -2.42. The van der Waals surface area contributed by atoms with E-state index in [0.717, 1.165) is 5.56 Å². The summed E-state index contributed by atoms with van der Waals surface area (Å²) in [6, 6.07) is 6.84. The first-order chi connectivity index (χ1) is 14.1. The molecular formula is C20H27N3O5S2. The Morgan fingerprint density at radius 1 is 1.27 bits per heavy atom. The van der Waals surface area contributed by atoms with E-state index in [1.165, 1.54) is 30.0 Å². The Bertz CT molecular complexity index is 1020. The summed E-state index contributed by atoms with van der Waals surface area (Å²) in [7, 11) is -3.88. The van der Waals surface area contributed by atoms with Crippen LogP contribution in [0.3, 0.4) is 0 Å². The Morgan fingerprint density at radius 2 is 1.93 bits per heavy atom. The van der Waals surface area contributed by atoms with Gasteiger partial charge >= 0.3 is 5.97 Å². The summed E-state index contributed by atoms with van der Waals surface area (Å²) >= 11 is 1.35. The number of sulfonamides is 1. The molecule has 10 heteroatoms. The number of aromatic amines is 1. The molecular weight excluding hydrogens is 426 g/mol. The van der Waals surface area contributed by atoms with Crippen LogP contribution >= 0.6 is 11.8 Å². The average Bonchev–Trinajstić information content (AvgIpc) is 2.65. The summed E-state index contributed by atoms with van der Waals surface area (Å²) in [6.07, 6.45) is 0.342. The monoisotopic (exact) mass is 453 g/mol. The van der Waals surface area contributed by atoms with Gasteiger partial charge in [0, 0.05) is 17.5 Å². The van der Waals surface area contributed by atoms with E-state index in [-0.39, 0.29) is 23.0 Å². The number of ether oxygens (including phenoxy) is 1. The van der Waals surface area contributed by atoms with Gasteiger partial charge in [0.25, 0.3) is 5.56 Å². The molecule has 0 unspecified atom stereocenters. The van der Waals surface area contributed by atoms with Crippen LogP contribution in [0.15, 0.2) is 45.2 Å². The predicted molar refractivity (Wildman–Crippen MR) is 116 cm³/mol. The second-order valence-electron chi connectivity index (χ2n) is 7.18. The molecule has 2 aromatic rings. The molecule has 1 heterocycles. The zero-order chi connectivity index (χ0) is 22.3. The zero-order valence-corrected chi connectivity index (χ0v) is 19.1. The van der Waals surface area contributed by atoms with Gasteiger partial charge in [-0.2, -0.15) is 4.72 Å². The second kappa shape index (κ2) is 10.7. The van der Waals surface area contributed by atoms with Crippen LogP contribution in [0.4, 0.5) is 0 Å². The molecule has 0 aliphatic heterocycles. The van der Waals surface area contributed by atoms with Gasteiger partial charge in [0.2, 0.25) is 10.0 Å². The van der Waals surface area contributed by atoms with Gasteiger partial charge in [0.05, 0.1) is 11.5 Å². The molecule has 0 radical (unpaired) electrons. The first-order valence-corrected chi connectivity index (χ1v) is 12.1. The number of carbonyl (C=O) groups excluding carboxylic acids is 1. The third-order valence-corrected chi connectivity index (χ3v) is 6.46. The van der Waals surface area contributed by atoms with Crippen molar-refractivity contribution in [1.29, 1.82) is 0 Å². The number of benzene rings is 1. The third-order valence-electron chi connectivity index (χ3n) is 4.03. The first-order valence-electron chi connectivity index (χ1n) is 9.59. The molecule has 1 aromatic carbocycles. The number of aryl methyl sites for hydroxylation is 1. The Balaban J connectivity index is 2.08. The molecule has 30 heavy (non-hydrogen) atoms. The van der Waals surface area contributed by atoms with Crippen LogP contribution in [0.5, 0.6) is 0 Å². The number of hydrogen-bond donors (Lipinski definition) is 2. The fourth-order valence-corrected chi connectivity index (χ4v) is 4.77. The van der Waals surface area contributed by atoms with Crippen molar-refractivity contribution in [3.63, 3.8) is 0 Å². The van der Waals surface area contributed by atoms with Crippen LogP contribution in [-0.2, 0) is 25.3 Å². The van der Waals surface area contributed by atoms with Crippen LogP contribution in [0.1, 0.15) is 38.4 Å². The van der Waals surface area contributed by atoms with Crippen LogP contribution in [0.25, 0.3) is 0 Å². The predicted octanol–water partition coefficient (Wildman–Crippen LogP) is 2.63. The topological polar surface area (TPSA) is 118 Å². The van der Waals surface area contributed by atoms with Crippen molar-refractivity contribution in [1.82, 2.24) is 14.7 Å². The van der Waals surface area contributed by atoms with E-state index in [2.05, 4.69) is 14.7 Å². The minimum Gasteiger partial charge on any atom is -0.465 e. The number of nitrogens with one attached hydrogen (secondary N) is 2. The summed E-state index contributed by atoms with van der Waals surface area (Å²) in [5, 5.41) is 0.504. The number of carbonyl (C=O) groups is 1. The Hall–Kier alpha value is -2.17. The molecule has 2 rings (SSSR count). The Kier molecular flexibility index (Phi) is 8.63. The van der Waals surface area contributed by atoms with Gasteiger partial charge in [-0.25, -0.2) is 13.4 Å². The van der Waals surface area contributed by atoms with E-state index < -0.39 is 22.0 Å². The molecule has 0 amide bonds. The van der Waals surface area contributed by atoms with E-state index >= 15 is 0 Å². The summed E-state index contributed by atoms with van der Waals surface area (Å²) < 4.78 is 32.9. The quantitative estimate of drug-likeness (QED) is 0.322. The molecule has 8 nitrogen and oxygen atoms in total. The molecule has 2 N–H and O–H groups in total. The van der Waals surface area contributed by atoms with Gasteiger partial charge in [-0.15, -0.1) is 0 Å². The van der Waals surface area contributed by atoms with Gasteiger partial charge in [0.1, 0.15) is 6.04 Å². The molecule has 0 bridgehead atoms. The third kappa shape index (κ3) is 7.26. The SMILES string of the molecule is CCOC(=O)[C@H](CC(C)C)NS(=O)(=O)c1ccc(CSc2nc(C)cc(=O)[nH]2)cc1. The maximum absolute atomic E-state index is 12.7. The van der Waals surface area contributed by atoms with Crippen LogP contribution in [0.2, 0.25) is 0 Å². The van der Waals surface area contributed by atoms with Crippen molar-refractivity contribution in [3.8, 4) is 0 Å². The van der Waals surface area contributed by atoms with Crippen molar-refractivity contribution in [2.24, 2.45) is 5.92 Å². The molecule has 0 saturated carbocycles. The smallest absolute Gasteiger partial charge is 0.324 e. The largest absolute Gasteiger partial charge is 0.465 e. The van der Waals surface area contributed by atoms with E-state index in [1.54, 1.807) is 26.0 Å². The lowest BCUT2D eigenvalue weighted by atomic mass is 10.1. The Morgan fingerprint density at radius 3 is 2.50 bits per heavy atom. The molecule has 0 saturated heterocycles. The Labute approximate surface area is 180 Å². The average molecular weight is 454 g/mol. The summed E-state index contributed by atoms with van der Waals surface area (Å²) in [4.78, 5) is 30.6. The minimum atomic E-state index is -3.88. The second-order valence-corrected chi connectivity index (χ2v) is 9.86. The van der Waals surface area contributed by atoms with Gasteiger partial charge in [-0.1, -0.05) is 37.7 Å². The van der Waals surface area contributed by atoms with Crippen LogP contribution < -0.4 is 10.3 Å². The molecule has 0 fully saturated rings. The number of hydrogen-bond acceptors (Lipinski definition) is 7. The van der Waals surface area contributed by atoms with Crippen LogP contribution in [0, 0.1) is 12.8 Å². The molecule has 0 aliphatic rings. The highest BCUT2D eigenvalue weighted by molar-refractivity contribution is 7.98. The lowest BCUT2D eigenvalue weighted by Gasteiger charge is -2.19. The number of esters is 1. The van der Waals surface area contributed by atoms with Crippen LogP contribution in [-0.4, -0.2) is 37.0 Å². The van der Waals surface area contributed by atoms with Crippen molar-refractivity contribution in [2.45, 2.75) is 56.0 Å². The fourth-order valence-electron chi connectivity index (χ4n) is 2.70. The van der Waals surface area contributed by atoms with E-state index in [0.29, 0.717) is 23.0 Å². The fraction of sp³-hybridized carbons (Fsp3) is 0.450. The number of nitrogens with zero attached hydrogens (tertiary/aromatic N) is 1. The molecule has 0 spiro atoms. The van der Waals surface area contributed by atoms with Gasteiger partial charge in [-0.3, -0.25) is 9.59 Å². The first kappa shape index (κ1) is 24.1. The summed E-state index contributed by atoms with van der Waals surface area (Å²) in [5.41, 5.74) is 1.29. The highest BCUT2D eigenvalue weighted by atomic mass is 32.2. The van der Waals surface area contributed by atoms with Crippen molar-refractivity contribution >= 4 is 27.8 Å². The molecule has 1 atom stereocenters. The van der Waals surface area contributed by atoms with E-state index in [4.69, 9.17) is 4.74 Å². The zero-order valence-electron chi connectivity index (χ0n) is 17.5. The van der Waals surface area contributed by atoms with E-state index in [9.17, 15) is 18.0 Å². The van der Waals surface area contributed by atoms with Gasteiger partial charge < -0.3 is 9.72 Å². The number of thioether (sulfide) groups is 1. The molecule has 164 valence electrons. The maximum Gasteiger partial charge on any atom is 0.324 e. The number of H-pyrrole nitrogens is 1. The van der Waals surface area contributed by atoms with Crippen molar-refractivity contribution in [3.05, 3.63) is 51.9 Å². The number of aromatic nitrogens is 2. The summed E-state index contributed by atoms with van der Waals surface area (Å²) in [5.74, 6) is 0.0458. The summed E-state index contributed by atoms with van der Waals surface area (Å²) in [6.45, 7) is 7.42. The molecule has 0 aliphatic carbocycles. The van der Waals surface area contributed by atoms with Crippen molar-refractivity contribution in [2.75, 3.05) is 6.61 Å². The highest BCUT2D eigenvalue weighted by Gasteiger charge is 2.27. The van der Waals surface area contributed by atoms with Gasteiger partial charge in [-0.05, 0) is 43.9 Å². The standard InChI is InChI=1S/C20H27N3O5S2/c1-5-28-19(25)17(10-13(2)3)23-30(26,27)16-8-6-15(7-9-16)12-29-20-21-14(4)11-18(24)22-20/h6-9,11,13,17,23H,5,10,12H2,1-4H3,(H,21,22,24)/t17-/m0/s1. The molecule has 1 aromatic heterocycles. The van der Waals surface area contributed by atoms with E-state index in [1.807, 2.05) is 13.8 Å². The number of rotatable bonds is 10. The maximum atomic E-state index is 12.7. The lowest BCUT2D eigenvalue weighted by molar-refractivity contribution is -0.145. The van der Waals surface area contributed by atoms with Gasteiger partial charge in [0.15, 0.2) is 5.16 Å². The normalized spacial score (nSPS) is 12.7.